The summed E-state index contributed by atoms with van der Waals surface area (Å²) in [4.78, 5) is 2.50. The lowest BCUT2D eigenvalue weighted by atomic mass is 9.72. The summed E-state index contributed by atoms with van der Waals surface area (Å²) >= 11 is 3.63. The number of rotatable bonds is 1. The maximum atomic E-state index is 3.63. The van der Waals surface area contributed by atoms with Crippen molar-refractivity contribution in [2.45, 2.75) is 38.5 Å². The van der Waals surface area contributed by atoms with E-state index >= 15 is 0 Å². The van der Waals surface area contributed by atoms with Crippen molar-refractivity contribution in [3.8, 4) is 11.1 Å². The van der Waals surface area contributed by atoms with Gasteiger partial charge in [-0.05, 0) is 97.4 Å². The van der Waals surface area contributed by atoms with Gasteiger partial charge in [0.05, 0.1) is 11.4 Å². The van der Waals surface area contributed by atoms with Crippen LogP contribution in [0.15, 0.2) is 114 Å². The molecule has 0 amide bonds. The van der Waals surface area contributed by atoms with Crippen molar-refractivity contribution in [2.75, 3.05) is 4.90 Å². The molecule has 194 valence electrons. The monoisotopic (exact) mass is 579 g/mol. The predicted octanol–water partition coefficient (Wildman–Crippen LogP) is 11.2. The van der Waals surface area contributed by atoms with Gasteiger partial charge in [-0.25, -0.2) is 0 Å². The van der Waals surface area contributed by atoms with Crippen molar-refractivity contribution in [3.63, 3.8) is 0 Å². The molecule has 1 aliphatic carbocycles. The molecule has 8 rings (SSSR count). The molecule has 0 bridgehead atoms. The van der Waals surface area contributed by atoms with Gasteiger partial charge in [0.15, 0.2) is 0 Å². The van der Waals surface area contributed by atoms with Crippen LogP contribution in [0.4, 0.5) is 17.1 Å². The van der Waals surface area contributed by atoms with Gasteiger partial charge in [0.1, 0.15) is 0 Å². The first-order valence-electron chi connectivity index (χ1n) is 14.1. The van der Waals surface area contributed by atoms with E-state index in [1.165, 1.54) is 72.0 Å². The largest absolute Gasteiger partial charge is 0.310 e. The topological polar surface area (TPSA) is 3.24 Å². The average molecular weight is 581 g/mol. The van der Waals surface area contributed by atoms with E-state index in [9.17, 15) is 0 Å². The molecule has 0 radical (unpaired) electrons. The zero-order valence-corrected chi connectivity index (χ0v) is 24.8. The minimum atomic E-state index is -0.125. The summed E-state index contributed by atoms with van der Waals surface area (Å²) in [5, 5.41) is 5.07. The molecule has 0 fully saturated rings. The van der Waals surface area contributed by atoms with Crippen LogP contribution in [0.1, 0.15) is 49.9 Å². The number of fused-ring (bicyclic) bond motifs is 8. The zero-order chi connectivity index (χ0) is 27.4. The summed E-state index contributed by atoms with van der Waals surface area (Å²) in [5.74, 6) is 0. The molecule has 6 aromatic rings. The summed E-state index contributed by atoms with van der Waals surface area (Å²) in [6, 6.07) is 40.9. The number of halogens is 1. The SMILES string of the molecule is CC1(C)c2ccccc2-c2cc3c(cc21)N(c1ccc2c(ccc4cc(Br)ccc42)c1)c1ccccc1C3(C)C. The normalized spacial score (nSPS) is 16.0. The highest BCUT2D eigenvalue weighted by molar-refractivity contribution is 9.10. The van der Waals surface area contributed by atoms with Crippen LogP contribution in [-0.2, 0) is 10.8 Å². The number of nitrogens with zero attached hydrogens (tertiary/aromatic N) is 1. The van der Waals surface area contributed by atoms with E-state index < -0.39 is 0 Å². The van der Waals surface area contributed by atoms with Crippen LogP contribution in [0.5, 0.6) is 0 Å². The minimum Gasteiger partial charge on any atom is -0.310 e. The maximum Gasteiger partial charge on any atom is 0.0506 e. The van der Waals surface area contributed by atoms with Gasteiger partial charge < -0.3 is 4.90 Å². The average Bonchev–Trinajstić information content (AvgIpc) is 3.18. The summed E-state index contributed by atoms with van der Waals surface area (Å²) in [7, 11) is 0. The number of anilines is 3. The fourth-order valence-corrected chi connectivity index (χ4v) is 7.72. The summed E-state index contributed by atoms with van der Waals surface area (Å²) in [6.07, 6.45) is 0. The van der Waals surface area contributed by atoms with Crippen molar-refractivity contribution < 1.29 is 0 Å². The smallest absolute Gasteiger partial charge is 0.0506 e. The summed E-state index contributed by atoms with van der Waals surface area (Å²) in [5.41, 5.74) is 11.9. The Kier molecular flexibility index (Phi) is 4.84. The lowest BCUT2D eigenvalue weighted by Crippen LogP contribution is -2.31. The molecule has 0 unspecified atom stereocenters. The van der Waals surface area contributed by atoms with Gasteiger partial charge >= 0.3 is 0 Å². The zero-order valence-electron chi connectivity index (χ0n) is 23.2. The van der Waals surface area contributed by atoms with Crippen LogP contribution in [0.3, 0.4) is 0 Å². The first-order chi connectivity index (χ1) is 19.2. The van der Waals surface area contributed by atoms with E-state index in [4.69, 9.17) is 0 Å². The van der Waals surface area contributed by atoms with Crippen LogP contribution in [0, 0.1) is 0 Å². The van der Waals surface area contributed by atoms with Crippen molar-refractivity contribution in [3.05, 3.63) is 136 Å². The van der Waals surface area contributed by atoms with E-state index in [0.717, 1.165) is 4.47 Å². The number of benzene rings is 6. The van der Waals surface area contributed by atoms with Crippen LogP contribution < -0.4 is 4.90 Å². The first-order valence-corrected chi connectivity index (χ1v) is 14.8. The van der Waals surface area contributed by atoms with Crippen LogP contribution in [0.2, 0.25) is 0 Å². The number of para-hydroxylation sites is 1. The summed E-state index contributed by atoms with van der Waals surface area (Å²) < 4.78 is 1.11. The molecule has 0 atom stereocenters. The van der Waals surface area contributed by atoms with Gasteiger partial charge in [0, 0.05) is 21.0 Å². The molecule has 0 saturated carbocycles. The minimum absolute atomic E-state index is 0.0513. The van der Waals surface area contributed by atoms with Gasteiger partial charge in [0.2, 0.25) is 0 Å². The summed E-state index contributed by atoms with van der Waals surface area (Å²) in [6.45, 7) is 9.50. The Morgan fingerprint density at radius 2 is 1.15 bits per heavy atom. The fourth-order valence-electron chi connectivity index (χ4n) is 7.34. The Morgan fingerprint density at radius 3 is 1.95 bits per heavy atom. The Hall–Kier alpha value is -3.88. The van der Waals surface area contributed by atoms with Gasteiger partial charge in [-0.15, -0.1) is 0 Å². The van der Waals surface area contributed by atoms with Crippen molar-refractivity contribution in [1.29, 1.82) is 0 Å². The van der Waals surface area contributed by atoms with Gasteiger partial charge in [-0.1, -0.05) is 110 Å². The quantitative estimate of drug-likeness (QED) is 0.175. The standard InChI is InChI=1S/C38H30BrN/c1-37(2)31-10-6-5-9-29(31)30-21-34-36(22-33(30)37)40(35-12-8-7-11-32(35)38(34,3)4)26-16-18-28-24(20-26)14-13-23-19-25(39)15-17-27(23)28/h5-22H,1-4H3. The molecule has 0 N–H and O–H groups in total. The van der Waals surface area contributed by atoms with Crippen molar-refractivity contribution in [1.82, 2.24) is 0 Å². The Labute approximate surface area is 244 Å². The molecular formula is C38H30BrN. The van der Waals surface area contributed by atoms with Crippen molar-refractivity contribution >= 4 is 54.5 Å². The molecular weight excluding hydrogens is 550 g/mol. The Bertz CT molecular complexity index is 2030. The number of hydrogen-bond acceptors (Lipinski definition) is 1. The molecule has 6 aromatic carbocycles. The second-order valence-electron chi connectivity index (χ2n) is 12.4. The highest BCUT2D eigenvalue weighted by Crippen LogP contribution is 2.57. The van der Waals surface area contributed by atoms with Gasteiger partial charge in [-0.3, -0.25) is 0 Å². The third kappa shape index (κ3) is 3.14. The Balaban J connectivity index is 1.40. The molecule has 40 heavy (non-hydrogen) atoms. The van der Waals surface area contributed by atoms with Crippen molar-refractivity contribution in [2.24, 2.45) is 0 Å². The second kappa shape index (κ2) is 8.08. The predicted molar refractivity (Wildman–Crippen MR) is 174 cm³/mol. The van der Waals surface area contributed by atoms with E-state index in [-0.39, 0.29) is 10.8 Å². The lowest BCUT2D eigenvalue weighted by Gasteiger charge is -2.43. The van der Waals surface area contributed by atoms with Gasteiger partial charge in [-0.2, -0.15) is 0 Å². The van der Waals surface area contributed by atoms with E-state index in [1.807, 2.05) is 0 Å². The third-order valence-corrected chi connectivity index (χ3v) is 9.97. The Morgan fingerprint density at radius 1 is 0.500 bits per heavy atom. The third-order valence-electron chi connectivity index (χ3n) is 9.47. The highest BCUT2D eigenvalue weighted by atomic mass is 79.9. The second-order valence-corrected chi connectivity index (χ2v) is 13.3. The lowest BCUT2D eigenvalue weighted by molar-refractivity contribution is 0.627. The molecule has 0 spiro atoms. The molecule has 1 heterocycles. The molecule has 1 aliphatic heterocycles. The van der Waals surface area contributed by atoms with E-state index in [2.05, 4.69) is 158 Å². The fraction of sp³-hybridized carbons (Fsp3) is 0.158. The first kappa shape index (κ1) is 24.0. The van der Waals surface area contributed by atoms with Crippen LogP contribution >= 0.6 is 15.9 Å². The highest BCUT2D eigenvalue weighted by Gasteiger charge is 2.42. The van der Waals surface area contributed by atoms with Crippen LogP contribution in [-0.4, -0.2) is 0 Å². The molecule has 0 aromatic heterocycles. The van der Waals surface area contributed by atoms with E-state index in [0.29, 0.717) is 0 Å². The molecule has 2 aliphatic rings. The molecule has 0 saturated heterocycles. The van der Waals surface area contributed by atoms with E-state index in [1.54, 1.807) is 0 Å². The molecule has 2 heteroatoms. The van der Waals surface area contributed by atoms with Gasteiger partial charge in [0.25, 0.3) is 0 Å². The van der Waals surface area contributed by atoms with Crippen LogP contribution in [0.25, 0.3) is 32.7 Å². The molecule has 1 nitrogen and oxygen atoms in total. The maximum absolute atomic E-state index is 3.63. The number of hydrogen-bond donors (Lipinski definition) is 0.